The number of nitrogen functional groups attached to an aromatic ring is 1. The summed E-state index contributed by atoms with van der Waals surface area (Å²) >= 11 is 0. The standard InChI is InChI=1S/C12H19N3.ClH/c1-3-15(4-2)9-10-7-5-6-8-11(10)12(13)14;/h5-8H,3-4,9H2,1-2H3,(H3,13,14);1H. The van der Waals surface area contributed by atoms with E-state index in [-0.39, 0.29) is 18.2 Å². The summed E-state index contributed by atoms with van der Waals surface area (Å²) in [6.45, 7) is 7.17. The number of nitrogens with zero attached hydrogens (tertiary/aromatic N) is 1. The van der Waals surface area contributed by atoms with Crippen molar-refractivity contribution < 1.29 is 0 Å². The lowest BCUT2D eigenvalue weighted by molar-refractivity contribution is 0.295. The van der Waals surface area contributed by atoms with Crippen LogP contribution in [0.15, 0.2) is 24.3 Å². The predicted octanol–water partition coefficient (Wildman–Crippen LogP) is 2.23. The Morgan fingerprint density at radius 3 is 2.31 bits per heavy atom. The summed E-state index contributed by atoms with van der Waals surface area (Å²) in [7, 11) is 0. The Labute approximate surface area is 104 Å². The molecule has 0 bridgehead atoms. The molecule has 0 aliphatic heterocycles. The molecule has 1 aromatic carbocycles. The lowest BCUT2D eigenvalue weighted by Gasteiger charge is -2.19. The summed E-state index contributed by atoms with van der Waals surface area (Å²) in [6, 6.07) is 7.85. The highest BCUT2D eigenvalue weighted by Crippen LogP contribution is 2.10. The van der Waals surface area contributed by atoms with Gasteiger partial charge in [-0.15, -0.1) is 12.4 Å². The van der Waals surface area contributed by atoms with Crippen molar-refractivity contribution >= 4 is 18.2 Å². The van der Waals surface area contributed by atoms with E-state index in [2.05, 4.69) is 18.7 Å². The molecule has 0 saturated heterocycles. The lowest BCUT2D eigenvalue weighted by Crippen LogP contribution is -2.24. The van der Waals surface area contributed by atoms with Gasteiger partial charge in [0.05, 0.1) is 0 Å². The van der Waals surface area contributed by atoms with Gasteiger partial charge in [0.15, 0.2) is 0 Å². The van der Waals surface area contributed by atoms with E-state index in [1.165, 1.54) is 0 Å². The van der Waals surface area contributed by atoms with E-state index < -0.39 is 0 Å². The Hall–Kier alpha value is -1.06. The van der Waals surface area contributed by atoms with Gasteiger partial charge in [0.25, 0.3) is 0 Å². The number of nitrogens with two attached hydrogens (primary N) is 1. The van der Waals surface area contributed by atoms with Crippen LogP contribution in [0.5, 0.6) is 0 Å². The van der Waals surface area contributed by atoms with Gasteiger partial charge in [0.2, 0.25) is 0 Å². The zero-order chi connectivity index (χ0) is 11.3. The summed E-state index contributed by atoms with van der Waals surface area (Å²) < 4.78 is 0. The molecule has 0 amide bonds. The molecular formula is C12H20ClN3. The minimum atomic E-state index is 0. The first kappa shape index (κ1) is 14.9. The molecule has 0 heterocycles. The summed E-state index contributed by atoms with van der Waals surface area (Å²) in [5.41, 5.74) is 7.52. The molecular weight excluding hydrogens is 222 g/mol. The second kappa shape index (κ2) is 7.25. The number of hydrogen-bond acceptors (Lipinski definition) is 2. The Morgan fingerprint density at radius 1 is 1.25 bits per heavy atom. The zero-order valence-electron chi connectivity index (χ0n) is 9.86. The number of benzene rings is 1. The number of amidine groups is 1. The second-order valence-corrected chi connectivity index (χ2v) is 3.53. The van der Waals surface area contributed by atoms with Crippen LogP contribution in [0.1, 0.15) is 25.0 Å². The topological polar surface area (TPSA) is 53.1 Å². The molecule has 0 aliphatic rings. The summed E-state index contributed by atoms with van der Waals surface area (Å²) in [5, 5.41) is 7.49. The number of rotatable bonds is 5. The van der Waals surface area contributed by atoms with Gasteiger partial charge in [-0.1, -0.05) is 38.1 Å². The van der Waals surface area contributed by atoms with Crippen molar-refractivity contribution in [2.75, 3.05) is 13.1 Å². The van der Waals surface area contributed by atoms with E-state index >= 15 is 0 Å². The molecule has 3 nitrogen and oxygen atoms in total. The van der Waals surface area contributed by atoms with Gasteiger partial charge in [-0.25, -0.2) is 0 Å². The van der Waals surface area contributed by atoms with E-state index in [4.69, 9.17) is 11.1 Å². The van der Waals surface area contributed by atoms with E-state index in [0.29, 0.717) is 0 Å². The van der Waals surface area contributed by atoms with Crippen LogP contribution in [0, 0.1) is 5.41 Å². The Kier molecular flexibility index (Phi) is 6.77. The van der Waals surface area contributed by atoms with Gasteiger partial charge in [-0.3, -0.25) is 10.3 Å². The third-order valence-electron chi connectivity index (χ3n) is 2.60. The third kappa shape index (κ3) is 3.83. The van der Waals surface area contributed by atoms with Crippen molar-refractivity contribution in [2.45, 2.75) is 20.4 Å². The number of halogens is 1. The van der Waals surface area contributed by atoms with E-state index in [1.807, 2.05) is 24.3 Å². The van der Waals surface area contributed by atoms with E-state index in [9.17, 15) is 0 Å². The minimum Gasteiger partial charge on any atom is -0.384 e. The molecule has 0 fully saturated rings. The van der Waals surface area contributed by atoms with Crippen molar-refractivity contribution in [3.8, 4) is 0 Å². The molecule has 1 rings (SSSR count). The molecule has 0 spiro atoms. The Bertz CT molecular complexity index is 335. The fourth-order valence-corrected chi connectivity index (χ4v) is 1.61. The largest absolute Gasteiger partial charge is 0.384 e. The quantitative estimate of drug-likeness (QED) is 0.614. The van der Waals surface area contributed by atoms with Crippen molar-refractivity contribution in [1.29, 1.82) is 5.41 Å². The average Bonchev–Trinajstić information content (AvgIpc) is 2.26. The van der Waals surface area contributed by atoms with E-state index in [1.54, 1.807) is 0 Å². The molecule has 16 heavy (non-hydrogen) atoms. The van der Waals surface area contributed by atoms with Crippen LogP contribution < -0.4 is 5.73 Å². The van der Waals surface area contributed by atoms with Crippen molar-refractivity contribution in [2.24, 2.45) is 5.73 Å². The Morgan fingerprint density at radius 2 is 1.81 bits per heavy atom. The number of nitrogens with one attached hydrogen (secondary N) is 1. The molecule has 1 aromatic rings. The second-order valence-electron chi connectivity index (χ2n) is 3.53. The monoisotopic (exact) mass is 241 g/mol. The molecule has 90 valence electrons. The van der Waals surface area contributed by atoms with Gasteiger partial charge in [0, 0.05) is 12.1 Å². The SMILES string of the molecule is CCN(CC)Cc1ccccc1C(=N)N.Cl. The molecule has 0 aliphatic carbocycles. The first-order chi connectivity index (χ1) is 7.19. The van der Waals surface area contributed by atoms with Crippen LogP contribution in [-0.4, -0.2) is 23.8 Å². The summed E-state index contributed by atoms with van der Waals surface area (Å²) in [4.78, 5) is 2.31. The number of hydrogen-bond donors (Lipinski definition) is 2. The van der Waals surface area contributed by atoms with Crippen molar-refractivity contribution in [1.82, 2.24) is 4.90 Å². The Balaban J connectivity index is 0.00000225. The molecule has 0 radical (unpaired) electrons. The molecule has 0 saturated carbocycles. The van der Waals surface area contributed by atoms with Crippen LogP contribution in [0.25, 0.3) is 0 Å². The maximum absolute atomic E-state index is 7.49. The molecule has 0 atom stereocenters. The zero-order valence-corrected chi connectivity index (χ0v) is 10.7. The van der Waals surface area contributed by atoms with Crippen molar-refractivity contribution in [3.63, 3.8) is 0 Å². The van der Waals surface area contributed by atoms with Gasteiger partial charge < -0.3 is 5.73 Å². The normalized spacial score (nSPS) is 9.94. The minimum absolute atomic E-state index is 0. The molecule has 0 unspecified atom stereocenters. The van der Waals surface area contributed by atoms with Gasteiger partial charge in [-0.05, 0) is 18.7 Å². The molecule has 4 heteroatoms. The van der Waals surface area contributed by atoms with Crippen LogP contribution >= 0.6 is 12.4 Å². The predicted molar refractivity (Wildman–Crippen MR) is 71.3 cm³/mol. The first-order valence-corrected chi connectivity index (χ1v) is 5.33. The maximum Gasteiger partial charge on any atom is 0.123 e. The van der Waals surface area contributed by atoms with Crippen LogP contribution in [0.3, 0.4) is 0 Å². The fraction of sp³-hybridized carbons (Fsp3) is 0.417. The third-order valence-corrected chi connectivity index (χ3v) is 2.60. The highest BCUT2D eigenvalue weighted by atomic mass is 35.5. The molecule has 3 N–H and O–H groups in total. The van der Waals surface area contributed by atoms with Crippen LogP contribution in [0.4, 0.5) is 0 Å². The van der Waals surface area contributed by atoms with Gasteiger partial charge >= 0.3 is 0 Å². The average molecular weight is 242 g/mol. The molecule has 0 aromatic heterocycles. The highest BCUT2D eigenvalue weighted by Gasteiger charge is 2.07. The van der Waals surface area contributed by atoms with Gasteiger partial charge in [0.1, 0.15) is 5.84 Å². The highest BCUT2D eigenvalue weighted by molar-refractivity contribution is 5.96. The smallest absolute Gasteiger partial charge is 0.123 e. The summed E-state index contributed by atoms with van der Waals surface area (Å²) in [6.07, 6.45) is 0. The van der Waals surface area contributed by atoms with E-state index in [0.717, 1.165) is 30.8 Å². The van der Waals surface area contributed by atoms with Crippen molar-refractivity contribution in [3.05, 3.63) is 35.4 Å². The lowest BCUT2D eigenvalue weighted by atomic mass is 10.1. The van der Waals surface area contributed by atoms with Crippen LogP contribution in [0.2, 0.25) is 0 Å². The van der Waals surface area contributed by atoms with Crippen LogP contribution in [-0.2, 0) is 6.54 Å². The fourth-order valence-electron chi connectivity index (χ4n) is 1.61. The summed E-state index contributed by atoms with van der Waals surface area (Å²) in [5.74, 6) is 0.151. The van der Waals surface area contributed by atoms with Gasteiger partial charge in [-0.2, -0.15) is 0 Å². The first-order valence-electron chi connectivity index (χ1n) is 5.33. The maximum atomic E-state index is 7.49.